The second kappa shape index (κ2) is 10.2. The predicted molar refractivity (Wildman–Crippen MR) is 123 cm³/mol. The molecule has 3 aromatic heterocycles. The maximum atomic E-state index is 13.0. The lowest BCUT2D eigenvalue weighted by molar-refractivity contribution is -0.139. The van der Waals surface area contributed by atoms with Crippen molar-refractivity contribution in [3.8, 4) is 0 Å². The lowest BCUT2D eigenvalue weighted by atomic mass is 10.2. The molecule has 9 nitrogen and oxygen atoms in total. The first-order valence-corrected chi connectivity index (χ1v) is 11.0. The van der Waals surface area contributed by atoms with Gasteiger partial charge in [0.25, 0.3) is 11.8 Å². The van der Waals surface area contributed by atoms with Crippen LogP contribution in [0, 0.1) is 5.82 Å². The fourth-order valence-electron chi connectivity index (χ4n) is 3.24. The van der Waals surface area contributed by atoms with E-state index in [0.29, 0.717) is 11.0 Å². The molecule has 4 rings (SSSR count). The number of rotatable bonds is 8. The molecule has 0 saturated carbocycles. The van der Waals surface area contributed by atoms with Gasteiger partial charge in [-0.05, 0) is 29.8 Å². The second-order valence-corrected chi connectivity index (χ2v) is 8.51. The Morgan fingerprint density at radius 2 is 1.74 bits per heavy atom. The number of aromatic amines is 1. The molecule has 0 radical (unpaired) electrons. The van der Waals surface area contributed by atoms with Crippen molar-refractivity contribution in [1.29, 1.82) is 0 Å². The topological polar surface area (TPSA) is 126 Å². The normalized spacial score (nSPS) is 10.8. The van der Waals surface area contributed by atoms with E-state index < -0.39 is 5.91 Å². The molecule has 3 N–H and O–H groups in total. The van der Waals surface area contributed by atoms with Crippen LogP contribution in [-0.4, -0.2) is 39.8 Å². The van der Waals surface area contributed by atoms with Crippen molar-refractivity contribution in [1.82, 2.24) is 25.6 Å². The summed E-state index contributed by atoms with van der Waals surface area (Å²) in [5.41, 5.74) is 1.75. The summed E-state index contributed by atoms with van der Waals surface area (Å²) in [6.45, 7) is 0.463. The van der Waals surface area contributed by atoms with Crippen LogP contribution in [0.5, 0.6) is 0 Å². The van der Waals surface area contributed by atoms with Crippen LogP contribution in [-0.2, 0) is 29.0 Å². The fourth-order valence-corrected chi connectivity index (χ4v) is 4.19. The van der Waals surface area contributed by atoms with Gasteiger partial charge in [0.05, 0.1) is 31.2 Å². The van der Waals surface area contributed by atoms with Crippen molar-refractivity contribution in [3.63, 3.8) is 0 Å². The van der Waals surface area contributed by atoms with Crippen LogP contribution in [0.1, 0.15) is 36.2 Å². The zero-order chi connectivity index (χ0) is 24.1. The Morgan fingerprint density at radius 1 is 1.00 bits per heavy atom. The van der Waals surface area contributed by atoms with Crippen molar-refractivity contribution in [3.05, 3.63) is 81.3 Å². The van der Waals surface area contributed by atoms with E-state index in [2.05, 4.69) is 30.3 Å². The Hall–Kier alpha value is -4.12. The van der Waals surface area contributed by atoms with E-state index in [9.17, 15) is 18.8 Å². The molecule has 0 bridgehead atoms. The van der Waals surface area contributed by atoms with E-state index >= 15 is 0 Å². The number of carbonyl (C=O) groups excluding carboxylic acids is 3. The van der Waals surface area contributed by atoms with Gasteiger partial charge >= 0.3 is 5.97 Å². The maximum absolute atomic E-state index is 13.0. The minimum atomic E-state index is -0.456. The lowest BCUT2D eigenvalue weighted by Gasteiger charge is -2.06. The molecule has 0 aliphatic carbocycles. The fraction of sp³-hybridized carbons (Fsp3) is 0.174. The Kier molecular flexibility index (Phi) is 6.93. The van der Waals surface area contributed by atoms with Gasteiger partial charge in [-0.1, -0.05) is 12.1 Å². The Labute approximate surface area is 197 Å². The number of aromatic nitrogens is 3. The van der Waals surface area contributed by atoms with Crippen molar-refractivity contribution < 1.29 is 23.5 Å². The summed E-state index contributed by atoms with van der Waals surface area (Å²) >= 11 is 1.41. The lowest BCUT2D eigenvalue weighted by Crippen LogP contribution is -2.24. The summed E-state index contributed by atoms with van der Waals surface area (Å²) in [5, 5.41) is 5.55. The van der Waals surface area contributed by atoms with Gasteiger partial charge in [0.1, 0.15) is 17.7 Å². The van der Waals surface area contributed by atoms with Crippen LogP contribution in [0.15, 0.2) is 48.9 Å². The number of fused-ring (bicyclic) bond motifs is 1. The van der Waals surface area contributed by atoms with Gasteiger partial charge in [0.2, 0.25) is 0 Å². The molecule has 174 valence electrons. The van der Waals surface area contributed by atoms with E-state index in [-0.39, 0.29) is 48.5 Å². The number of methoxy groups -OCH3 is 1. The van der Waals surface area contributed by atoms with Crippen molar-refractivity contribution in [2.24, 2.45) is 0 Å². The zero-order valence-corrected chi connectivity index (χ0v) is 18.9. The standard InChI is InChI=1S/C23H20FN5O4S/c1-33-18(30)8-15-6-7-16(34-15)10-27-22(31)17-11-25-20-19(17)28-12-29-21(20)23(32)26-9-13-2-4-14(24)5-3-13/h2-7,11-12,25H,8-10H2,1H3,(H,26,32)(H,27,31). The molecule has 2 amide bonds. The summed E-state index contributed by atoms with van der Waals surface area (Å²) in [7, 11) is 1.34. The summed E-state index contributed by atoms with van der Waals surface area (Å²) in [6.07, 6.45) is 2.88. The molecule has 0 atom stereocenters. The molecule has 1 aromatic carbocycles. The summed E-state index contributed by atoms with van der Waals surface area (Å²) < 4.78 is 17.7. The van der Waals surface area contributed by atoms with Crippen LogP contribution in [0.25, 0.3) is 11.0 Å². The third-order valence-corrected chi connectivity index (χ3v) is 6.06. The van der Waals surface area contributed by atoms with Crippen molar-refractivity contribution in [2.45, 2.75) is 19.5 Å². The summed E-state index contributed by atoms with van der Waals surface area (Å²) in [6, 6.07) is 9.44. The quantitative estimate of drug-likeness (QED) is 0.332. The van der Waals surface area contributed by atoms with Crippen LogP contribution in [0.2, 0.25) is 0 Å². The van der Waals surface area contributed by atoms with Crippen LogP contribution < -0.4 is 10.6 Å². The number of thiophene rings is 1. The molecule has 4 aromatic rings. The largest absolute Gasteiger partial charge is 0.469 e. The third kappa shape index (κ3) is 5.26. The summed E-state index contributed by atoms with van der Waals surface area (Å²) in [5.74, 6) is -1.51. The van der Waals surface area contributed by atoms with Crippen LogP contribution in [0.4, 0.5) is 4.39 Å². The number of nitrogens with one attached hydrogen (secondary N) is 3. The first-order chi connectivity index (χ1) is 16.4. The van der Waals surface area contributed by atoms with Gasteiger partial charge in [-0.25, -0.2) is 14.4 Å². The number of esters is 1. The van der Waals surface area contributed by atoms with Crippen LogP contribution >= 0.6 is 11.3 Å². The van der Waals surface area contributed by atoms with Crippen molar-refractivity contribution in [2.75, 3.05) is 7.11 Å². The Bertz CT molecular complexity index is 1350. The zero-order valence-electron chi connectivity index (χ0n) is 18.1. The van der Waals surface area contributed by atoms with Gasteiger partial charge in [0.15, 0.2) is 5.69 Å². The predicted octanol–water partition coefficient (Wildman–Crippen LogP) is 2.73. The van der Waals surface area contributed by atoms with E-state index in [4.69, 9.17) is 0 Å². The minimum Gasteiger partial charge on any atom is -0.469 e. The number of H-pyrrole nitrogens is 1. The summed E-state index contributed by atoms with van der Waals surface area (Å²) in [4.78, 5) is 49.6. The molecule has 3 heterocycles. The van der Waals surface area contributed by atoms with Crippen molar-refractivity contribution >= 4 is 40.2 Å². The number of benzene rings is 1. The highest BCUT2D eigenvalue weighted by Gasteiger charge is 2.19. The van der Waals surface area contributed by atoms with Gasteiger partial charge < -0.3 is 20.4 Å². The maximum Gasteiger partial charge on any atom is 0.310 e. The first-order valence-electron chi connectivity index (χ1n) is 10.2. The number of halogens is 1. The smallest absolute Gasteiger partial charge is 0.310 e. The molecule has 0 unspecified atom stereocenters. The Morgan fingerprint density at radius 3 is 2.50 bits per heavy atom. The average molecular weight is 482 g/mol. The average Bonchev–Trinajstić information content (AvgIpc) is 3.48. The SMILES string of the molecule is COC(=O)Cc1ccc(CNC(=O)c2c[nH]c3c(C(=O)NCc4ccc(F)cc4)ncnc23)s1. The van der Waals surface area contributed by atoms with Gasteiger partial charge in [-0.2, -0.15) is 0 Å². The number of hydrogen-bond acceptors (Lipinski definition) is 7. The monoisotopic (exact) mass is 481 g/mol. The highest BCUT2D eigenvalue weighted by molar-refractivity contribution is 7.12. The number of amides is 2. The Balaban J connectivity index is 1.42. The highest BCUT2D eigenvalue weighted by Crippen LogP contribution is 2.20. The van der Waals surface area contributed by atoms with Crippen LogP contribution in [0.3, 0.4) is 0 Å². The molecule has 0 aliphatic rings. The van der Waals surface area contributed by atoms with Gasteiger partial charge in [-0.15, -0.1) is 11.3 Å². The first kappa shape index (κ1) is 23.1. The molecular weight excluding hydrogens is 461 g/mol. The number of ether oxygens (including phenoxy) is 1. The molecule has 0 spiro atoms. The van der Waals surface area contributed by atoms with E-state index in [0.717, 1.165) is 15.3 Å². The molecule has 11 heteroatoms. The second-order valence-electron chi connectivity index (χ2n) is 7.26. The third-order valence-electron chi connectivity index (χ3n) is 4.98. The molecular formula is C23H20FN5O4S. The number of nitrogens with zero attached hydrogens (tertiary/aromatic N) is 2. The molecule has 0 fully saturated rings. The minimum absolute atomic E-state index is 0.0943. The number of hydrogen-bond donors (Lipinski definition) is 3. The van der Waals surface area contributed by atoms with Gasteiger partial charge in [-0.3, -0.25) is 14.4 Å². The van der Waals surface area contributed by atoms with E-state index in [1.807, 2.05) is 12.1 Å². The molecule has 0 saturated heterocycles. The molecule has 34 heavy (non-hydrogen) atoms. The number of carbonyl (C=O) groups is 3. The van der Waals surface area contributed by atoms with E-state index in [1.54, 1.807) is 12.1 Å². The van der Waals surface area contributed by atoms with Gasteiger partial charge in [0, 0.05) is 22.5 Å². The molecule has 0 aliphatic heterocycles. The van der Waals surface area contributed by atoms with E-state index in [1.165, 1.54) is 43.1 Å². The highest BCUT2D eigenvalue weighted by atomic mass is 32.1.